The number of ether oxygens (including phenoxy) is 1. The van der Waals surface area contributed by atoms with E-state index in [0.717, 1.165) is 25.7 Å². The van der Waals surface area contributed by atoms with Crippen LogP contribution in [0.25, 0.3) is 0 Å². The second-order valence-corrected chi connectivity index (χ2v) is 6.34. The zero-order valence-corrected chi connectivity index (χ0v) is 12.6. The SMILES string of the molecule is Nc1cc(SCCC(=O)OC2CCCC2)c(Cl)cc1F. The Bertz CT molecular complexity index is 492. The largest absolute Gasteiger partial charge is 0.462 e. The van der Waals surface area contributed by atoms with Crippen LogP contribution in [-0.4, -0.2) is 17.8 Å². The number of anilines is 1. The van der Waals surface area contributed by atoms with Gasteiger partial charge in [-0.15, -0.1) is 11.8 Å². The van der Waals surface area contributed by atoms with Gasteiger partial charge in [-0.05, 0) is 37.8 Å². The second-order valence-electron chi connectivity index (χ2n) is 4.80. The molecule has 2 N–H and O–H groups in total. The summed E-state index contributed by atoms with van der Waals surface area (Å²) in [5.74, 6) is -0.174. The summed E-state index contributed by atoms with van der Waals surface area (Å²) in [6, 6.07) is 2.68. The fourth-order valence-electron chi connectivity index (χ4n) is 2.15. The second kappa shape index (κ2) is 7.18. The van der Waals surface area contributed by atoms with Crippen molar-refractivity contribution in [1.82, 2.24) is 0 Å². The van der Waals surface area contributed by atoms with Crippen molar-refractivity contribution >= 4 is 35.0 Å². The molecule has 1 aromatic rings. The highest BCUT2D eigenvalue weighted by Gasteiger charge is 2.19. The first-order chi connectivity index (χ1) is 9.56. The van der Waals surface area contributed by atoms with Crippen molar-refractivity contribution in [2.75, 3.05) is 11.5 Å². The lowest BCUT2D eigenvalue weighted by atomic mass is 10.3. The van der Waals surface area contributed by atoms with Crippen LogP contribution in [0, 0.1) is 5.82 Å². The summed E-state index contributed by atoms with van der Waals surface area (Å²) in [6.45, 7) is 0. The minimum absolute atomic E-state index is 0.0606. The zero-order valence-electron chi connectivity index (χ0n) is 11.0. The van der Waals surface area contributed by atoms with Crippen molar-refractivity contribution in [3.8, 4) is 0 Å². The van der Waals surface area contributed by atoms with Crippen molar-refractivity contribution in [2.45, 2.75) is 43.1 Å². The number of benzene rings is 1. The lowest BCUT2D eigenvalue weighted by molar-refractivity contribution is -0.148. The number of thioether (sulfide) groups is 1. The molecule has 0 bridgehead atoms. The highest BCUT2D eigenvalue weighted by molar-refractivity contribution is 7.99. The molecule has 3 nitrogen and oxygen atoms in total. The third-order valence-corrected chi connectivity index (χ3v) is 4.70. The summed E-state index contributed by atoms with van der Waals surface area (Å²) in [4.78, 5) is 12.3. The van der Waals surface area contributed by atoms with Gasteiger partial charge in [-0.25, -0.2) is 4.39 Å². The Balaban J connectivity index is 1.77. The van der Waals surface area contributed by atoms with E-state index in [2.05, 4.69) is 0 Å². The average Bonchev–Trinajstić information content (AvgIpc) is 2.88. The number of nitrogen functional groups attached to an aromatic ring is 1. The minimum atomic E-state index is -0.528. The molecule has 0 spiro atoms. The quantitative estimate of drug-likeness (QED) is 0.506. The van der Waals surface area contributed by atoms with Crippen LogP contribution < -0.4 is 5.73 Å². The summed E-state index contributed by atoms with van der Waals surface area (Å²) >= 11 is 7.30. The summed E-state index contributed by atoms with van der Waals surface area (Å²) in [7, 11) is 0. The van der Waals surface area contributed by atoms with E-state index >= 15 is 0 Å². The molecule has 1 aliphatic rings. The maximum Gasteiger partial charge on any atom is 0.306 e. The van der Waals surface area contributed by atoms with Crippen LogP contribution in [0.2, 0.25) is 5.02 Å². The Morgan fingerprint density at radius 3 is 2.85 bits per heavy atom. The molecule has 2 rings (SSSR count). The molecular formula is C14H17ClFNO2S. The molecule has 0 aromatic heterocycles. The summed E-state index contributed by atoms with van der Waals surface area (Å²) in [6.07, 6.45) is 4.62. The Hall–Kier alpha value is -0.940. The fourth-order valence-corrected chi connectivity index (χ4v) is 3.36. The Kier molecular flexibility index (Phi) is 5.54. The van der Waals surface area contributed by atoms with E-state index in [-0.39, 0.29) is 17.8 Å². The van der Waals surface area contributed by atoms with Gasteiger partial charge in [0.1, 0.15) is 11.9 Å². The van der Waals surface area contributed by atoms with Gasteiger partial charge in [0.15, 0.2) is 0 Å². The van der Waals surface area contributed by atoms with Gasteiger partial charge in [-0.2, -0.15) is 0 Å². The number of nitrogens with two attached hydrogens (primary N) is 1. The average molecular weight is 318 g/mol. The molecule has 0 radical (unpaired) electrons. The normalized spacial score (nSPS) is 15.5. The van der Waals surface area contributed by atoms with Gasteiger partial charge in [-0.3, -0.25) is 4.79 Å². The van der Waals surface area contributed by atoms with Crippen LogP contribution in [0.3, 0.4) is 0 Å². The van der Waals surface area contributed by atoms with Crippen LogP contribution in [-0.2, 0) is 9.53 Å². The maximum absolute atomic E-state index is 13.1. The highest BCUT2D eigenvalue weighted by atomic mass is 35.5. The third-order valence-electron chi connectivity index (χ3n) is 3.22. The minimum Gasteiger partial charge on any atom is -0.462 e. The molecule has 0 saturated heterocycles. The van der Waals surface area contributed by atoms with Crippen molar-refractivity contribution in [1.29, 1.82) is 0 Å². The van der Waals surface area contributed by atoms with Crippen molar-refractivity contribution < 1.29 is 13.9 Å². The summed E-state index contributed by atoms with van der Waals surface area (Å²) in [5.41, 5.74) is 5.55. The van der Waals surface area contributed by atoms with Gasteiger partial charge in [-0.1, -0.05) is 11.6 Å². The first-order valence-electron chi connectivity index (χ1n) is 6.63. The molecule has 1 aliphatic carbocycles. The van der Waals surface area contributed by atoms with E-state index in [1.54, 1.807) is 0 Å². The molecule has 110 valence electrons. The molecule has 1 aromatic carbocycles. The number of carbonyl (C=O) groups is 1. The fraction of sp³-hybridized carbons (Fsp3) is 0.500. The van der Waals surface area contributed by atoms with Crippen LogP contribution >= 0.6 is 23.4 Å². The van der Waals surface area contributed by atoms with Crippen molar-refractivity contribution in [2.24, 2.45) is 0 Å². The number of esters is 1. The lowest BCUT2D eigenvalue weighted by Gasteiger charge is -2.11. The Morgan fingerprint density at radius 2 is 2.15 bits per heavy atom. The molecule has 0 atom stereocenters. The number of rotatable bonds is 5. The lowest BCUT2D eigenvalue weighted by Crippen LogP contribution is -2.14. The molecule has 0 heterocycles. The predicted octanol–water partition coefficient (Wildman–Crippen LogP) is 4.03. The van der Waals surface area contributed by atoms with E-state index in [1.807, 2.05) is 0 Å². The molecule has 6 heteroatoms. The van der Waals surface area contributed by atoms with Gasteiger partial charge in [0.2, 0.25) is 0 Å². The monoisotopic (exact) mass is 317 g/mol. The number of halogens is 2. The van der Waals surface area contributed by atoms with Gasteiger partial charge in [0.25, 0.3) is 0 Å². The zero-order chi connectivity index (χ0) is 14.5. The molecule has 1 fully saturated rings. The number of hydrogen-bond acceptors (Lipinski definition) is 4. The Morgan fingerprint density at radius 1 is 1.45 bits per heavy atom. The standard InChI is InChI=1S/C14H17ClFNO2S/c15-10-7-11(16)12(17)8-13(10)20-6-5-14(18)19-9-3-1-2-4-9/h7-9H,1-6,17H2. The molecule has 0 aliphatic heterocycles. The maximum atomic E-state index is 13.1. The topological polar surface area (TPSA) is 52.3 Å². The van der Waals surface area contributed by atoms with Crippen LogP contribution in [0.5, 0.6) is 0 Å². The number of carbonyl (C=O) groups excluding carboxylic acids is 1. The van der Waals surface area contributed by atoms with Gasteiger partial charge < -0.3 is 10.5 Å². The summed E-state index contributed by atoms with van der Waals surface area (Å²) in [5, 5.41) is 0.311. The van der Waals surface area contributed by atoms with Crippen LogP contribution in [0.15, 0.2) is 17.0 Å². The van der Waals surface area contributed by atoms with Crippen LogP contribution in [0.4, 0.5) is 10.1 Å². The van der Waals surface area contributed by atoms with Crippen molar-refractivity contribution in [3.05, 3.63) is 23.0 Å². The highest BCUT2D eigenvalue weighted by Crippen LogP contribution is 2.31. The van der Waals surface area contributed by atoms with E-state index in [1.165, 1.54) is 23.9 Å². The van der Waals surface area contributed by atoms with Crippen LogP contribution in [0.1, 0.15) is 32.1 Å². The number of hydrogen-bond donors (Lipinski definition) is 1. The van der Waals surface area contributed by atoms with Gasteiger partial charge in [0.05, 0.1) is 17.1 Å². The van der Waals surface area contributed by atoms with Crippen molar-refractivity contribution in [3.63, 3.8) is 0 Å². The van der Waals surface area contributed by atoms with Gasteiger partial charge in [0, 0.05) is 10.6 Å². The molecule has 0 amide bonds. The van der Waals surface area contributed by atoms with E-state index in [0.29, 0.717) is 22.1 Å². The first-order valence-corrected chi connectivity index (χ1v) is 7.99. The van der Waals surface area contributed by atoms with E-state index in [9.17, 15) is 9.18 Å². The molecule has 0 unspecified atom stereocenters. The summed E-state index contributed by atoms with van der Waals surface area (Å²) < 4.78 is 18.5. The van der Waals surface area contributed by atoms with E-state index in [4.69, 9.17) is 22.1 Å². The Labute approximate surface area is 127 Å². The molecular weight excluding hydrogens is 301 g/mol. The molecule has 1 saturated carbocycles. The third kappa shape index (κ3) is 4.28. The van der Waals surface area contributed by atoms with E-state index < -0.39 is 5.82 Å². The first kappa shape index (κ1) is 15.4. The molecule has 20 heavy (non-hydrogen) atoms. The smallest absolute Gasteiger partial charge is 0.306 e. The predicted molar refractivity (Wildman–Crippen MR) is 79.5 cm³/mol. The van der Waals surface area contributed by atoms with Gasteiger partial charge >= 0.3 is 5.97 Å².